The predicted octanol–water partition coefficient (Wildman–Crippen LogP) is 3.94. The maximum absolute atomic E-state index is 12.1. The van der Waals surface area contributed by atoms with E-state index in [0.29, 0.717) is 17.9 Å². The topological polar surface area (TPSA) is 49.1 Å². The molecule has 0 radical (unpaired) electrons. The molecule has 2 aliphatic rings. The van der Waals surface area contributed by atoms with Gasteiger partial charge in [-0.15, -0.1) is 0 Å². The number of hydrogen-bond donors (Lipinski definition) is 1. The van der Waals surface area contributed by atoms with E-state index >= 15 is 0 Å². The Kier molecular flexibility index (Phi) is 6.06. The SMILES string of the molecule is CCCC[S+]([O-])CC1CCc2cc(C3CCC(N)C3)ccc2C1. The summed E-state index contributed by atoms with van der Waals surface area (Å²) in [5.74, 6) is 3.08. The predicted molar refractivity (Wildman–Crippen MR) is 99.3 cm³/mol. The van der Waals surface area contributed by atoms with Crippen molar-refractivity contribution in [3.05, 3.63) is 34.9 Å². The molecule has 23 heavy (non-hydrogen) atoms. The van der Waals surface area contributed by atoms with Gasteiger partial charge in [0.2, 0.25) is 0 Å². The lowest BCUT2D eigenvalue weighted by Gasteiger charge is -2.26. The molecule has 3 rings (SSSR count). The van der Waals surface area contributed by atoms with Crippen LogP contribution in [0.4, 0.5) is 0 Å². The van der Waals surface area contributed by atoms with Gasteiger partial charge in [0, 0.05) is 12.0 Å². The van der Waals surface area contributed by atoms with E-state index in [9.17, 15) is 4.55 Å². The summed E-state index contributed by atoms with van der Waals surface area (Å²) in [7, 11) is 0. The minimum Gasteiger partial charge on any atom is -0.616 e. The lowest BCUT2D eigenvalue weighted by Crippen LogP contribution is -2.24. The standard InChI is InChI=1S/C20H31NOS/c1-2-3-10-23(22)14-15-4-5-17-12-18(7-6-16(17)11-15)19-8-9-20(21)13-19/h6-7,12,15,19-20H,2-5,8-11,13-14,21H2,1H3. The van der Waals surface area contributed by atoms with Crippen LogP contribution < -0.4 is 5.73 Å². The van der Waals surface area contributed by atoms with Gasteiger partial charge in [0.15, 0.2) is 0 Å². The van der Waals surface area contributed by atoms with Gasteiger partial charge in [-0.05, 0) is 67.6 Å². The van der Waals surface area contributed by atoms with Crippen LogP contribution in [-0.4, -0.2) is 22.1 Å². The van der Waals surface area contributed by atoms with Crippen molar-refractivity contribution in [3.63, 3.8) is 0 Å². The second-order valence-corrected chi connectivity index (χ2v) is 9.19. The fraction of sp³-hybridized carbons (Fsp3) is 0.700. The van der Waals surface area contributed by atoms with Crippen molar-refractivity contribution >= 4 is 11.2 Å². The van der Waals surface area contributed by atoms with Crippen LogP contribution in [0.25, 0.3) is 0 Å². The van der Waals surface area contributed by atoms with Crippen LogP contribution in [0.15, 0.2) is 18.2 Å². The number of unbranched alkanes of at least 4 members (excludes halogenated alkanes) is 1. The largest absolute Gasteiger partial charge is 0.616 e. The molecule has 0 amide bonds. The third-order valence-corrected chi connectivity index (χ3v) is 7.24. The number of benzene rings is 1. The van der Waals surface area contributed by atoms with E-state index < -0.39 is 11.2 Å². The highest BCUT2D eigenvalue weighted by atomic mass is 32.2. The highest BCUT2D eigenvalue weighted by Crippen LogP contribution is 2.36. The number of nitrogens with two attached hydrogens (primary N) is 1. The van der Waals surface area contributed by atoms with E-state index in [1.54, 1.807) is 5.56 Å². The van der Waals surface area contributed by atoms with Crippen LogP contribution in [0.3, 0.4) is 0 Å². The van der Waals surface area contributed by atoms with Crippen molar-refractivity contribution in [1.82, 2.24) is 0 Å². The Morgan fingerprint density at radius 1 is 1.22 bits per heavy atom. The zero-order chi connectivity index (χ0) is 16.2. The normalized spacial score (nSPS) is 28.6. The Bertz CT molecular complexity index is 518. The summed E-state index contributed by atoms with van der Waals surface area (Å²) in [4.78, 5) is 0. The molecule has 2 N–H and O–H groups in total. The monoisotopic (exact) mass is 333 g/mol. The Morgan fingerprint density at radius 2 is 2.09 bits per heavy atom. The molecule has 2 nitrogen and oxygen atoms in total. The van der Waals surface area contributed by atoms with Gasteiger partial charge in [-0.25, -0.2) is 0 Å². The molecule has 3 heteroatoms. The second-order valence-electron chi connectivity index (χ2n) is 7.57. The van der Waals surface area contributed by atoms with Crippen LogP contribution in [-0.2, 0) is 24.0 Å². The molecule has 0 aromatic heterocycles. The molecule has 4 unspecified atom stereocenters. The molecule has 0 spiro atoms. The lowest BCUT2D eigenvalue weighted by atomic mass is 9.82. The highest BCUT2D eigenvalue weighted by Gasteiger charge is 2.26. The summed E-state index contributed by atoms with van der Waals surface area (Å²) in [6, 6.07) is 7.52. The molecule has 2 aliphatic carbocycles. The second kappa shape index (κ2) is 8.04. The maximum atomic E-state index is 12.1. The Morgan fingerprint density at radius 3 is 2.83 bits per heavy atom. The van der Waals surface area contributed by atoms with Gasteiger partial charge in [0.05, 0.1) is 0 Å². The van der Waals surface area contributed by atoms with Gasteiger partial charge in [-0.3, -0.25) is 0 Å². The van der Waals surface area contributed by atoms with E-state index in [1.165, 1.54) is 30.4 Å². The van der Waals surface area contributed by atoms with E-state index in [1.807, 2.05) is 0 Å². The number of fused-ring (bicyclic) bond motifs is 1. The average molecular weight is 334 g/mol. The van der Waals surface area contributed by atoms with Crippen LogP contribution in [0.1, 0.15) is 68.1 Å². The molecule has 1 aromatic carbocycles. The quantitative estimate of drug-likeness (QED) is 0.802. The first-order chi connectivity index (χ1) is 11.2. The lowest BCUT2D eigenvalue weighted by molar-refractivity contribution is 0.490. The first-order valence-corrected chi connectivity index (χ1v) is 10.9. The molecule has 0 heterocycles. The highest BCUT2D eigenvalue weighted by molar-refractivity contribution is 7.91. The van der Waals surface area contributed by atoms with E-state index in [4.69, 9.17) is 5.73 Å². The van der Waals surface area contributed by atoms with Gasteiger partial charge in [-0.1, -0.05) is 42.7 Å². The first kappa shape index (κ1) is 17.3. The number of aryl methyl sites for hydroxylation is 1. The molecule has 0 aliphatic heterocycles. The Hall–Kier alpha value is -0.510. The summed E-state index contributed by atoms with van der Waals surface area (Å²) in [6.45, 7) is 2.17. The first-order valence-electron chi connectivity index (χ1n) is 9.38. The van der Waals surface area contributed by atoms with Crippen LogP contribution in [0, 0.1) is 5.92 Å². The summed E-state index contributed by atoms with van der Waals surface area (Å²) in [5, 5.41) is 0. The van der Waals surface area contributed by atoms with Gasteiger partial charge in [-0.2, -0.15) is 0 Å². The van der Waals surface area contributed by atoms with Crippen molar-refractivity contribution in [3.8, 4) is 0 Å². The maximum Gasteiger partial charge on any atom is 0.108 e. The van der Waals surface area contributed by atoms with Gasteiger partial charge in [0.25, 0.3) is 0 Å². The van der Waals surface area contributed by atoms with Crippen molar-refractivity contribution < 1.29 is 4.55 Å². The molecule has 4 atom stereocenters. The van der Waals surface area contributed by atoms with Crippen molar-refractivity contribution in [2.75, 3.05) is 11.5 Å². The van der Waals surface area contributed by atoms with Crippen molar-refractivity contribution in [2.45, 2.75) is 70.3 Å². The third kappa shape index (κ3) is 4.52. The van der Waals surface area contributed by atoms with Gasteiger partial charge in [0.1, 0.15) is 11.5 Å². The molecule has 1 aromatic rings. The minimum atomic E-state index is -0.618. The number of rotatable bonds is 6. The smallest absolute Gasteiger partial charge is 0.108 e. The van der Waals surface area contributed by atoms with E-state index in [0.717, 1.165) is 43.6 Å². The Labute approximate surface area is 144 Å². The van der Waals surface area contributed by atoms with Crippen molar-refractivity contribution in [2.24, 2.45) is 11.7 Å². The molecule has 0 saturated heterocycles. The average Bonchev–Trinajstić information content (AvgIpc) is 2.99. The fourth-order valence-corrected chi connectivity index (χ4v) is 5.80. The zero-order valence-electron chi connectivity index (χ0n) is 14.4. The molecule has 1 fully saturated rings. The molecule has 128 valence electrons. The van der Waals surface area contributed by atoms with E-state index in [-0.39, 0.29) is 0 Å². The molecular weight excluding hydrogens is 302 g/mol. The zero-order valence-corrected chi connectivity index (χ0v) is 15.2. The summed E-state index contributed by atoms with van der Waals surface area (Å²) < 4.78 is 12.1. The van der Waals surface area contributed by atoms with E-state index in [2.05, 4.69) is 25.1 Å². The van der Waals surface area contributed by atoms with Crippen LogP contribution in [0.2, 0.25) is 0 Å². The van der Waals surface area contributed by atoms with Crippen LogP contribution in [0.5, 0.6) is 0 Å². The Balaban J connectivity index is 1.59. The summed E-state index contributed by atoms with van der Waals surface area (Å²) >= 11 is -0.618. The van der Waals surface area contributed by atoms with Crippen molar-refractivity contribution in [1.29, 1.82) is 0 Å². The summed E-state index contributed by atoms with van der Waals surface area (Å²) in [5.41, 5.74) is 10.6. The third-order valence-electron chi connectivity index (χ3n) is 5.65. The molecule has 1 saturated carbocycles. The summed E-state index contributed by atoms with van der Waals surface area (Å²) in [6.07, 6.45) is 9.31. The van der Waals surface area contributed by atoms with Gasteiger partial charge < -0.3 is 10.3 Å². The van der Waals surface area contributed by atoms with Crippen LogP contribution >= 0.6 is 0 Å². The van der Waals surface area contributed by atoms with Gasteiger partial charge >= 0.3 is 0 Å². The minimum absolute atomic E-state index is 0.401. The number of hydrogen-bond acceptors (Lipinski definition) is 2. The molecular formula is C20H31NOS. The molecule has 0 bridgehead atoms. The fourth-order valence-electron chi connectivity index (χ4n) is 4.22.